The van der Waals surface area contributed by atoms with Gasteiger partial charge in [-0.25, -0.2) is 0 Å². The van der Waals surface area contributed by atoms with E-state index in [1.165, 1.54) is 0 Å². The highest BCUT2D eigenvalue weighted by molar-refractivity contribution is 6.00. The zero-order valence-corrected chi connectivity index (χ0v) is 12.7. The van der Waals surface area contributed by atoms with Crippen LogP contribution in [0.2, 0.25) is 0 Å². The van der Waals surface area contributed by atoms with Crippen LogP contribution in [0.15, 0.2) is 18.2 Å². The van der Waals surface area contributed by atoms with Gasteiger partial charge >= 0.3 is 0 Å². The molecule has 112 valence electrons. The fraction of sp³-hybridized carbons (Fsp3) is 0.533. The number of aryl methyl sites for hydroxylation is 1. The summed E-state index contributed by atoms with van der Waals surface area (Å²) in [6.07, 6.45) is -0.358. The molecule has 20 heavy (non-hydrogen) atoms. The smallest absolute Gasteiger partial charge is 0.179 e. The third-order valence-electron chi connectivity index (χ3n) is 3.19. The highest BCUT2D eigenvalue weighted by atomic mass is 16.7. The number of ether oxygens (including phenoxy) is 3. The summed E-state index contributed by atoms with van der Waals surface area (Å²) in [5.74, 6) is 0.808. The number of carbonyl (C=O) groups is 1. The van der Waals surface area contributed by atoms with E-state index in [2.05, 4.69) is 5.32 Å². The Kier molecular flexibility index (Phi) is 6.64. The Morgan fingerprint density at radius 3 is 2.40 bits per heavy atom. The molecule has 1 atom stereocenters. The lowest BCUT2D eigenvalue weighted by molar-refractivity contribution is -0.0992. The van der Waals surface area contributed by atoms with Crippen molar-refractivity contribution in [3.8, 4) is 5.75 Å². The Labute approximate surface area is 120 Å². The lowest BCUT2D eigenvalue weighted by Crippen LogP contribution is -2.40. The maximum atomic E-state index is 12.3. The van der Waals surface area contributed by atoms with E-state index in [0.29, 0.717) is 12.1 Å². The molecule has 0 bridgehead atoms. The van der Waals surface area contributed by atoms with Crippen LogP contribution in [0, 0.1) is 6.92 Å². The molecule has 0 fully saturated rings. The maximum absolute atomic E-state index is 12.3. The number of hydrogen-bond donors (Lipinski definition) is 1. The molecule has 1 rings (SSSR count). The molecule has 0 aromatic heterocycles. The van der Waals surface area contributed by atoms with Gasteiger partial charge in [0, 0.05) is 26.3 Å². The average molecular weight is 281 g/mol. The van der Waals surface area contributed by atoms with Gasteiger partial charge in [0.2, 0.25) is 0 Å². The number of benzene rings is 1. The van der Waals surface area contributed by atoms with E-state index in [4.69, 9.17) is 14.2 Å². The normalized spacial score (nSPS) is 12.5. The standard InChI is InChI=1S/C15H23NO4/c1-10-8-12(6-7-13(10)18-3)15(17)11(2)16-9-14(19-4)20-5/h6-8,11,14,16H,9H2,1-5H3. The second kappa shape index (κ2) is 7.99. The summed E-state index contributed by atoms with van der Waals surface area (Å²) < 4.78 is 15.3. The van der Waals surface area contributed by atoms with Crippen molar-refractivity contribution in [1.82, 2.24) is 5.32 Å². The van der Waals surface area contributed by atoms with Gasteiger partial charge in [0.25, 0.3) is 0 Å². The zero-order valence-electron chi connectivity index (χ0n) is 12.7. The lowest BCUT2D eigenvalue weighted by Gasteiger charge is -2.18. The Hall–Kier alpha value is -1.43. The van der Waals surface area contributed by atoms with Crippen LogP contribution in [0.5, 0.6) is 5.75 Å². The van der Waals surface area contributed by atoms with Crippen molar-refractivity contribution in [3.05, 3.63) is 29.3 Å². The van der Waals surface area contributed by atoms with Crippen LogP contribution < -0.4 is 10.1 Å². The molecule has 0 aliphatic rings. The van der Waals surface area contributed by atoms with Gasteiger partial charge in [0.05, 0.1) is 13.2 Å². The first kappa shape index (κ1) is 16.6. The Morgan fingerprint density at radius 1 is 1.25 bits per heavy atom. The fourth-order valence-corrected chi connectivity index (χ4v) is 1.91. The average Bonchev–Trinajstić information content (AvgIpc) is 2.47. The largest absolute Gasteiger partial charge is 0.496 e. The van der Waals surface area contributed by atoms with Crippen LogP contribution in [-0.2, 0) is 9.47 Å². The van der Waals surface area contributed by atoms with Gasteiger partial charge in [-0.1, -0.05) is 0 Å². The number of rotatable bonds is 8. The molecule has 0 saturated heterocycles. The molecule has 1 unspecified atom stereocenters. The lowest BCUT2D eigenvalue weighted by atomic mass is 10.0. The van der Waals surface area contributed by atoms with Crippen molar-refractivity contribution < 1.29 is 19.0 Å². The summed E-state index contributed by atoms with van der Waals surface area (Å²) in [5, 5.41) is 3.10. The maximum Gasteiger partial charge on any atom is 0.179 e. The van der Waals surface area contributed by atoms with Gasteiger partial charge in [-0.2, -0.15) is 0 Å². The van der Waals surface area contributed by atoms with Crippen molar-refractivity contribution in [2.75, 3.05) is 27.9 Å². The van der Waals surface area contributed by atoms with Crippen LogP contribution in [0.1, 0.15) is 22.8 Å². The van der Waals surface area contributed by atoms with Crippen LogP contribution in [0.25, 0.3) is 0 Å². The highest BCUT2D eigenvalue weighted by Crippen LogP contribution is 2.19. The van der Waals surface area contributed by atoms with E-state index in [1.807, 2.05) is 26.0 Å². The monoisotopic (exact) mass is 281 g/mol. The predicted molar refractivity (Wildman–Crippen MR) is 77.3 cm³/mol. The number of ketones is 1. The van der Waals surface area contributed by atoms with Gasteiger partial charge in [-0.15, -0.1) is 0 Å². The molecule has 1 aromatic carbocycles. The summed E-state index contributed by atoms with van der Waals surface area (Å²) in [4.78, 5) is 12.3. The Balaban J connectivity index is 2.67. The SMILES string of the molecule is COc1ccc(C(=O)C(C)NCC(OC)OC)cc1C. The number of hydrogen-bond acceptors (Lipinski definition) is 5. The molecule has 5 nitrogen and oxygen atoms in total. The third-order valence-corrected chi connectivity index (χ3v) is 3.19. The number of methoxy groups -OCH3 is 3. The summed E-state index contributed by atoms with van der Waals surface area (Å²) in [7, 11) is 4.74. The first-order valence-electron chi connectivity index (χ1n) is 6.51. The van der Waals surface area contributed by atoms with E-state index in [0.717, 1.165) is 11.3 Å². The van der Waals surface area contributed by atoms with E-state index in [-0.39, 0.29) is 18.1 Å². The highest BCUT2D eigenvalue weighted by Gasteiger charge is 2.17. The van der Waals surface area contributed by atoms with Crippen LogP contribution in [0.4, 0.5) is 0 Å². The van der Waals surface area contributed by atoms with E-state index >= 15 is 0 Å². The summed E-state index contributed by atoms with van der Waals surface area (Å²) in [5.41, 5.74) is 1.60. The first-order chi connectivity index (χ1) is 9.53. The number of Topliss-reactive ketones (excluding diaryl/α,β-unsaturated/α-hetero) is 1. The van der Waals surface area contributed by atoms with Crippen molar-refractivity contribution in [3.63, 3.8) is 0 Å². The quantitative estimate of drug-likeness (QED) is 0.581. The third kappa shape index (κ3) is 4.30. The fourth-order valence-electron chi connectivity index (χ4n) is 1.91. The van der Waals surface area contributed by atoms with Crippen LogP contribution in [0.3, 0.4) is 0 Å². The predicted octanol–water partition coefficient (Wildman–Crippen LogP) is 1.78. The second-order valence-electron chi connectivity index (χ2n) is 4.58. The van der Waals surface area contributed by atoms with Gasteiger partial charge in [-0.3, -0.25) is 4.79 Å². The molecular formula is C15H23NO4. The molecule has 0 heterocycles. The van der Waals surface area contributed by atoms with Gasteiger partial charge in [0.1, 0.15) is 5.75 Å². The molecule has 0 spiro atoms. The number of carbonyl (C=O) groups excluding carboxylic acids is 1. The molecular weight excluding hydrogens is 258 g/mol. The first-order valence-corrected chi connectivity index (χ1v) is 6.51. The molecule has 1 N–H and O–H groups in total. The van der Waals surface area contributed by atoms with Gasteiger partial charge < -0.3 is 19.5 Å². The van der Waals surface area contributed by atoms with Crippen molar-refractivity contribution >= 4 is 5.78 Å². The summed E-state index contributed by atoms with van der Waals surface area (Å²) >= 11 is 0. The molecule has 0 aliphatic carbocycles. The molecule has 0 saturated carbocycles. The molecule has 1 aromatic rings. The van der Waals surface area contributed by atoms with Crippen LogP contribution in [-0.4, -0.2) is 46.0 Å². The van der Waals surface area contributed by atoms with Crippen molar-refractivity contribution in [2.45, 2.75) is 26.2 Å². The van der Waals surface area contributed by atoms with Crippen molar-refractivity contribution in [1.29, 1.82) is 0 Å². The minimum Gasteiger partial charge on any atom is -0.496 e. The molecule has 0 radical (unpaired) electrons. The van der Waals surface area contributed by atoms with E-state index in [1.54, 1.807) is 27.4 Å². The number of nitrogens with one attached hydrogen (secondary N) is 1. The van der Waals surface area contributed by atoms with E-state index in [9.17, 15) is 4.79 Å². The van der Waals surface area contributed by atoms with E-state index < -0.39 is 0 Å². The molecule has 5 heteroatoms. The molecule has 0 amide bonds. The Morgan fingerprint density at radius 2 is 1.90 bits per heavy atom. The minimum absolute atomic E-state index is 0.0294. The summed E-state index contributed by atoms with van der Waals surface area (Å²) in [6, 6.07) is 5.11. The summed E-state index contributed by atoms with van der Waals surface area (Å²) in [6.45, 7) is 4.19. The van der Waals surface area contributed by atoms with Gasteiger partial charge in [0.15, 0.2) is 12.1 Å². The van der Waals surface area contributed by atoms with Gasteiger partial charge in [-0.05, 0) is 37.6 Å². The minimum atomic E-state index is -0.358. The topological polar surface area (TPSA) is 56.8 Å². The van der Waals surface area contributed by atoms with Crippen LogP contribution >= 0.6 is 0 Å². The Bertz CT molecular complexity index is 443. The zero-order chi connectivity index (χ0) is 15.1. The molecule has 0 aliphatic heterocycles. The van der Waals surface area contributed by atoms with Crippen molar-refractivity contribution in [2.24, 2.45) is 0 Å². The second-order valence-corrected chi connectivity index (χ2v) is 4.58.